The Bertz CT molecular complexity index is 1340. The van der Waals surface area contributed by atoms with E-state index in [1.165, 1.54) is 0 Å². The number of rotatable bonds is 15. The maximum atomic E-state index is 13.2. The lowest BCUT2D eigenvalue weighted by Crippen LogP contribution is -2.43. The smallest absolute Gasteiger partial charge is 0.247 e. The average Bonchev–Trinajstić information content (AvgIpc) is 3.21. The molecule has 0 aliphatic heterocycles. The normalized spacial score (nSPS) is 13.2. The highest BCUT2D eigenvalue weighted by atomic mass is 16.5. The maximum Gasteiger partial charge on any atom is 0.247 e. The van der Waals surface area contributed by atoms with E-state index >= 15 is 0 Å². The zero-order valence-corrected chi connectivity index (χ0v) is 25.5. The molecule has 2 heterocycles. The summed E-state index contributed by atoms with van der Waals surface area (Å²) in [6, 6.07) is 6.70. The Labute approximate surface area is 242 Å². The minimum Gasteiger partial charge on any atom is -0.389 e. The molecule has 11 heteroatoms. The molecule has 0 unspecified atom stereocenters. The first kappa shape index (κ1) is 32.4. The van der Waals surface area contributed by atoms with Gasteiger partial charge >= 0.3 is 0 Å². The number of hydrogen-bond donors (Lipinski definition) is 3. The van der Waals surface area contributed by atoms with Crippen molar-refractivity contribution in [3.8, 4) is 0 Å². The van der Waals surface area contributed by atoms with Crippen LogP contribution >= 0.6 is 0 Å². The van der Waals surface area contributed by atoms with Crippen molar-refractivity contribution < 1.29 is 28.9 Å². The van der Waals surface area contributed by atoms with Crippen molar-refractivity contribution in [3.05, 3.63) is 30.1 Å². The summed E-state index contributed by atoms with van der Waals surface area (Å²) >= 11 is 0. The highest BCUT2D eigenvalue weighted by Gasteiger charge is 2.25. The number of nitrogens with zero attached hydrogens (tertiary/aromatic N) is 3. The zero-order chi connectivity index (χ0) is 30.4. The molecule has 0 spiro atoms. The van der Waals surface area contributed by atoms with Gasteiger partial charge in [-0.15, -0.1) is 0 Å². The van der Waals surface area contributed by atoms with E-state index in [0.717, 1.165) is 10.9 Å². The van der Waals surface area contributed by atoms with Crippen molar-refractivity contribution in [2.75, 3.05) is 25.1 Å². The second kappa shape index (κ2) is 13.7. The molecule has 3 N–H and O–H groups in total. The Balaban J connectivity index is 1.78. The lowest BCUT2D eigenvalue weighted by atomic mass is 10.1. The molecule has 2 amide bonds. The van der Waals surface area contributed by atoms with Gasteiger partial charge in [-0.25, -0.2) is 9.97 Å². The Kier molecular flexibility index (Phi) is 10.8. The van der Waals surface area contributed by atoms with Crippen LogP contribution in [0.15, 0.2) is 24.3 Å². The first-order valence-corrected chi connectivity index (χ1v) is 14.1. The number of aromatic nitrogens is 3. The van der Waals surface area contributed by atoms with E-state index in [2.05, 4.69) is 15.6 Å². The highest BCUT2D eigenvalue weighted by Crippen LogP contribution is 2.31. The fourth-order valence-electron chi connectivity index (χ4n) is 4.58. The van der Waals surface area contributed by atoms with E-state index in [-0.39, 0.29) is 37.3 Å². The SMILES string of the molecule is CCOCc1nc2c(NC(=O)[C@H](C)NC(=O)COCCC(C)(C)OC(C)C)nc3ccccc3c2n1CC(C)(C)O. The van der Waals surface area contributed by atoms with Crippen LogP contribution in [0.4, 0.5) is 5.82 Å². The monoisotopic (exact) mass is 571 g/mol. The molecule has 0 saturated carbocycles. The predicted molar refractivity (Wildman–Crippen MR) is 159 cm³/mol. The number of nitrogens with one attached hydrogen (secondary N) is 2. The van der Waals surface area contributed by atoms with E-state index in [1.807, 2.05) is 63.5 Å². The molecule has 2 aromatic heterocycles. The second-order valence-electron chi connectivity index (χ2n) is 11.7. The molecule has 1 atom stereocenters. The van der Waals surface area contributed by atoms with Gasteiger partial charge < -0.3 is 34.5 Å². The van der Waals surface area contributed by atoms with E-state index in [4.69, 9.17) is 19.2 Å². The third kappa shape index (κ3) is 9.19. The van der Waals surface area contributed by atoms with Gasteiger partial charge in [0.05, 0.1) is 34.9 Å². The van der Waals surface area contributed by atoms with Gasteiger partial charge in [0.15, 0.2) is 5.82 Å². The molecule has 0 radical (unpaired) electrons. The lowest BCUT2D eigenvalue weighted by molar-refractivity contribution is -0.130. The van der Waals surface area contributed by atoms with Gasteiger partial charge in [0, 0.05) is 18.6 Å². The van der Waals surface area contributed by atoms with Gasteiger partial charge in [-0.1, -0.05) is 18.2 Å². The molecule has 0 aliphatic rings. The summed E-state index contributed by atoms with van der Waals surface area (Å²) < 4.78 is 18.9. The molecule has 41 heavy (non-hydrogen) atoms. The number of imidazole rings is 1. The number of carbonyl (C=O) groups excluding carboxylic acids is 2. The van der Waals surface area contributed by atoms with Crippen molar-refractivity contribution in [1.82, 2.24) is 19.9 Å². The van der Waals surface area contributed by atoms with Crippen LogP contribution in [0.5, 0.6) is 0 Å². The fourth-order valence-corrected chi connectivity index (χ4v) is 4.58. The summed E-state index contributed by atoms with van der Waals surface area (Å²) in [4.78, 5) is 35.1. The standard InChI is InChI=1S/C30H45N5O6/c1-9-39-16-23-33-25-26(35(23)18-29(5,6)38)21-12-10-11-13-22(21)32-27(25)34-28(37)20(4)31-24(36)17-40-15-14-30(7,8)41-19(2)3/h10-13,19-20,38H,9,14-18H2,1-8H3,(H,31,36)(H,32,34,37)/t20-/m0/s1. The lowest BCUT2D eigenvalue weighted by Gasteiger charge is -2.27. The van der Waals surface area contributed by atoms with Crippen LogP contribution in [0.25, 0.3) is 21.9 Å². The maximum absolute atomic E-state index is 13.2. The molecule has 226 valence electrons. The van der Waals surface area contributed by atoms with Crippen molar-refractivity contribution in [2.45, 2.75) is 98.3 Å². The summed E-state index contributed by atoms with van der Waals surface area (Å²) in [5.41, 5.74) is 0.477. The minimum atomic E-state index is -1.03. The molecule has 11 nitrogen and oxygen atoms in total. The first-order chi connectivity index (χ1) is 19.2. The van der Waals surface area contributed by atoms with Gasteiger partial charge in [-0.2, -0.15) is 0 Å². The summed E-state index contributed by atoms with van der Waals surface area (Å²) in [6.45, 7) is 16.0. The van der Waals surface area contributed by atoms with E-state index < -0.39 is 23.5 Å². The van der Waals surface area contributed by atoms with Gasteiger partial charge in [0.2, 0.25) is 11.8 Å². The number of carbonyl (C=O) groups is 2. The van der Waals surface area contributed by atoms with Gasteiger partial charge in [0.25, 0.3) is 0 Å². The number of ether oxygens (including phenoxy) is 3. The third-order valence-electron chi connectivity index (χ3n) is 6.29. The number of aliphatic hydroxyl groups is 1. The molecule has 0 saturated heterocycles. The number of anilines is 1. The van der Waals surface area contributed by atoms with Crippen molar-refractivity contribution >= 4 is 39.6 Å². The van der Waals surface area contributed by atoms with E-state index in [0.29, 0.717) is 36.5 Å². The Hall–Kier alpha value is -3.12. The second-order valence-corrected chi connectivity index (χ2v) is 11.7. The Morgan fingerprint density at radius 3 is 2.44 bits per heavy atom. The molecule has 0 fully saturated rings. The van der Waals surface area contributed by atoms with Crippen molar-refractivity contribution in [1.29, 1.82) is 0 Å². The van der Waals surface area contributed by atoms with E-state index in [1.54, 1.807) is 20.8 Å². The van der Waals surface area contributed by atoms with Crippen LogP contribution in [0, 0.1) is 0 Å². The average molecular weight is 572 g/mol. The minimum absolute atomic E-state index is 0.0949. The Morgan fingerprint density at radius 2 is 1.78 bits per heavy atom. The van der Waals surface area contributed by atoms with Crippen LogP contribution in [0.3, 0.4) is 0 Å². The summed E-state index contributed by atoms with van der Waals surface area (Å²) in [7, 11) is 0. The topological polar surface area (TPSA) is 137 Å². The fraction of sp³-hybridized carbons (Fsp3) is 0.600. The van der Waals surface area contributed by atoms with Crippen LogP contribution in [-0.4, -0.2) is 74.6 Å². The summed E-state index contributed by atoms with van der Waals surface area (Å²) in [6.07, 6.45) is 0.723. The van der Waals surface area contributed by atoms with Crippen LogP contribution in [-0.2, 0) is 37.0 Å². The molecule has 0 aliphatic carbocycles. The largest absolute Gasteiger partial charge is 0.389 e. The molecule has 3 rings (SSSR count). The van der Waals surface area contributed by atoms with Crippen LogP contribution in [0.1, 0.15) is 67.6 Å². The Morgan fingerprint density at radius 1 is 1.07 bits per heavy atom. The number of hydrogen-bond acceptors (Lipinski definition) is 8. The molecular formula is C30H45N5O6. The molecule has 3 aromatic rings. The van der Waals surface area contributed by atoms with Crippen molar-refractivity contribution in [2.24, 2.45) is 0 Å². The van der Waals surface area contributed by atoms with Gasteiger partial charge in [-0.05, 0) is 67.9 Å². The molecule has 1 aromatic carbocycles. The van der Waals surface area contributed by atoms with Crippen molar-refractivity contribution in [3.63, 3.8) is 0 Å². The predicted octanol–water partition coefficient (Wildman–Crippen LogP) is 3.95. The number of fused-ring (bicyclic) bond motifs is 3. The highest BCUT2D eigenvalue weighted by molar-refractivity contribution is 6.10. The molecular weight excluding hydrogens is 526 g/mol. The molecule has 0 bridgehead atoms. The van der Waals surface area contributed by atoms with Gasteiger partial charge in [-0.3, -0.25) is 9.59 Å². The summed E-state index contributed by atoms with van der Waals surface area (Å²) in [5.74, 6) is 0.0244. The number of benzene rings is 1. The number of para-hydroxylation sites is 1. The first-order valence-electron chi connectivity index (χ1n) is 14.1. The van der Waals surface area contributed by atoms with Gasteiger partial charge in [0.1, 0.15) is 30.6 Å². The number of amides is 2. The zero-order valence-electron chi connectivity index (χ0n) is 25.5. The summed E-state index contributed by atoms with van der Waals surface area (Å²) in [5, 5.41) is 17.0. The van der Waals surface area contributed by atoms with Crippen LogP contribution < -0.4 is 10.6 Å². The van der Waals surface area contributed by atoms with E-state index in [9.17, 15) is 14.7 Å². The quantitative estimate of drug-likeness (QED) is 0.233. The number of pyridine rings is 1. The van der Waals surface area contributed by atoms with Crippen LogP contribution in [0.2, 0.25) is 0 Å². The third-order valence-corrected chi connectivity index (χ3v) is 6.29.